The first kappa shape index (κ1) is 22.8. The minimum atomic E-state index is 1.01. The lowest BCUT2D eigenvalue weighted by atomic mass is 9.98. The van der Waals surface area contributed by atoms with Crippen molar-refractivity contribution in [1.82, 2.24) is 4.98 Å². The van der Waals surface area contributed by atoms with Crippen molar-refractivity contribution in [1.29, 1.82) is 0 Å². The van der Waals surface area contributed by atoms with Gasteiger partial charge in [0.2, 0.25) is 0 Å². The zero-order valence-corrected chi connectivity index (χ0v) is 22.0. The molecule has 0 aliphatic rings. The second kappa shape index (κ2) is 9.79. The van der Waals surface area contributed by atoms with Crippen LogP contribution in [0.25, 0.3) is 55.4 Å². The maximum atomic E-state index is 4.80. The summed E-state index contributed by atoms with van der Waals surface area (Å²) in [5.41, 5.74) is 10.6. The predicted molar refractivity (Wildman–Crippen MR) is 162 cm³/mol. The molecule has 0 saturated carbocycles. The summed E-state index contributed by atoms with van der Waals surface area (Å²) in [5, 5.41) is 3.53. The Morgan fingerprint density at radius 1 is 0.361 bits per heavy atom. The van der Waals surface area contributed by atoms with Crippen LogP contribution in [0.1, 0.15) is 0 Å². The van der Waals surface area contributed by atoms with Gasteiger partial charge >= 0.3 is 0 Å². The highest BCUT2D eigenvalue weighted by Crippen LogP contribution is 2.30. The molecule has 0 spiro atoms. The molecule has 1 nitrogen and oxygen atoms in total. The molecule has 3 heteroatoms. The molecule has 0 aliphatic heterocycles. The fraction of sp³-hybridized carbons (Fsp3) is 0. The minimum Gasteiger partial charge on any atom is -0.256 e. The molecule has 0 saturated heterocycles. The fourth-order valence-electron chi connectivity index (χ4n) is 4.52. The summed E-state index contributed by atoms with van der Waals surface area (Å²) >= 11 is 0. The van der Waals surface area contributed by atoms with Gasteiger partial charge in [-0.3, -0.25) is 4.98 Å². The summed E-state index contributed by atoms with van der Waals surface area (Å²) in [4.78, 5) is 4.80. The van der Waals surface area contributed by atoms with E-state index in [1.165, 1.54) is 49.6 Å². The van der Waals surface area contributed by atoms with Crippen LogP contribution in [0.15, 0.2) is 128 Å². The molecule has 1 aromatic heterocycles. The Morgan fingerprint density at radius 2 is 0.722 bits per heavy atom. The molecule has 36 heavy (non-hydrogen) atoms. The maximum absolute atomic E-state index is 4.80. The van der Waals surface area contributed by atoms with Crippen molar-refractivity contribution in [3.63, 3.8) is 0 Å². The van der Waals surface area contributed by atoms with Gasteiger partial charge in [0.05, 0.1) is 5.52 Å². The first-order valence-electron chi connectivity index (χ1n) is 11.9. The van der Waals surface area contributed by atoms with E-state index in [2.05, 4.69) is 140 Å². The molecule has 6 aromatic rings. The van der Waals surface area contributed by atoms with Crippen LogP contribution in [0, 0.1) is 0 Å². The van der Waals surface area contributed by atoms with E-state index in [0.29, 0.717) is 0 Å². The number of pyridine rings is 1. The molecule has 0 fully saturated rings. The molecule has 6 rings (SSSR count). The molecule has 0 radical (unpaired) electrons. The van der Waals surface area contributed by atoms with Gasteiger partial charge < -0.3 is 0 Å². The van der Waals surface area contributed by atoms with E-state index < -0.39 is 0 Å². The van der Waals surface area contributed by atoms with Gasteiger partial charge in [0.1, 0.15) is 0 Å². The van der Waals surface area contributed by atoms with Crippen LogP contribution in [0.3, 0.4) is 0 Å². The van der Waals surface area contributed by atoms with Crippen molar-refractivity contribution in [3.8, 4) is 44.5 Å². The Bertz CT molecular complexity index is 1520. The molecule has 1 heterocycles. The fourth-order valence-corrected chi connectivity index (χ4v) is 4.91. The third-order valence-electron chi connectivity index (χ3n) is 6.61. The number of hydrogen-bond acceptors (Lipinski definition) is 1. The average molecular weight is 498 g/mol. The quantitative estimate of drug-likeness (QED) is 0.226. The highest BCUT2D eigenvalue weighted by Gasteiger charge is 2.06. The highest BCUT2D eigenvalue weighted by molar-refractivity contribution is 7.27. The van der Waals surface area contributed by atoms with Gasteiger partial charge in [0.15, 0.2) is 0 Å². The molecule has 2 atom stereocenters. The third-order valence-corrected chi connectivity index (χ3v) is 7.38. The smallest absolute Gasteiger partial charge is 0.0708 e. The van der Waals surface area contributed by atoms with E-state index in [0.717, 1.165) is 16.5 Å². The van der Waals surface area contributed by atoms with E-state index in [9.17, 15) is 0 Å². The Morgan fingerprint density at radius 3 is 1.19 bits per heavy atom. The van der Waals surface area contributed by atoms with Gasteiger partial charge in [0.25, 0.3) is 0 Å². The molecule has 172 valence electrons. The van der Waals surface area contributed by atoms with Gasteiger partial charge in [-0.1, -0.05) is 109 Å². The van der Waals surface area contributed by atoms with Crippen molar-refractivity contribution in [2.45, 2.75) is 0 Å². The van der Waals surface area contributed by atoms with Crippen LogP contribution in [0.4, 0.5) is 0 Å². The Kier molecular flexibility index (Phi) is 6.20. The normalized spacial score (nSPS) is 11.1. The zero-order chi connectivity index (χ0) is 24.5. The summed E-state index contributed by atoms with van der Waals surface area (Å²) in [6.07, 6.45) is 1.98. The number of aromatic nitrogens is 1. The summed E-state index contributed by atoms with van der Waals surface area (Å²) in [5.74, 6) is 0. The standard InChI is InChI=1S/C33H25NP2/c35-31-15-11-24(12-16-31)22-1-5-26(6-2-22)28-9-10-29-19-30(21-34-33(29)20-28)27-7-3-23(4-8-27)25-13-17-32(36)18-14-25/h1-21H,35-36H2. The van der Waals surface area contributed by atoms with Gasteiger partial charge in [-0.25, -0.2) is 0 Å². The topological polar surface area (TPSA) is 12.9 Å². The lowest BCUT2D eigenvalue weighted by Gasteiger charge is -2.09. The van der Waals surface area contributed by atoms with Gasteiger partial charge in [-0.2, -0.15) is 0 Å². The lowest BCUT2D eigenvalue weighted by molar-refractivity contribution is 1.41. The molecular formula is C33H25NP2. The first-order valence-corrected chi connectivity index (χ1v) is 13.1. The second-order valence-electron chi connectivity index (χ2n) is 9.03. The van der Waals surface area contributed by atoms with Crippen molar-refractivity contribution < 1.29 is 0 Å². The number of rotatable bonds is 4. The average Bonchev–Trinajstić information content (AvgIpc) is 2.94. The van der Waals surface area contributed by atoms with Gasteiger partial charge in [-0.05, 0) is 61.7 Å². The number of nitrogens with zero attached hydrogens (tertiary/aromatic N) is 1. The van der Waals surface area contributed by atoms with Crippen molar-refractivity contribution in [3.05, 3.63) is 128 Å². The number of hydrogen-bond donors (Lipinski definition) is 0. The van der Waals surface area contributed by atoms with Crippen molar-refractivity contribution in [2.24, 2.45) is 0 Å². The predicted octanol–water partition coefficient (Wildman–Crippen LogP) is 7.90. The van der Waals surface area contributed by atoms with Crippen molar-refractivity contribution >= 4 is 40.0 Å². The van der Waals surface area contributed by atoms with Crippen LogP contribution in [0.2, 0.25) is 0 Å². The summed E-state index contributed by atoms with van der Waals surface area (Å²) in [7, 11) is 5.47. The Balaban J connectivity index is 1.25. The number of fused-ring (bicyclic) bond motifs is 1. The summed E-state index contributed by atoms with van der Waals surface area (Å²) in [6.45, 7) is 0. The van der Waals surface area contributed by atoms with E-state index >= 15 is 0 Å². The van der Waals surface area contributed by atoms with Crippen LogP contribution in [-0.4, -0.2) is 4.98 Å². The van der Waals surface area contributed by atoms with Crippen LogP contribution in [-0.2, 0) is 0 Å². The Hall–Kier alpha value is -3.63. The first-order chi connectivity index (χ1) is 17.6. The SMILES string of the molecule is Pc1ccc(-c2ccc(-c3cnc4cc(-c5ccc(-c6ccc(P)cc6)cc5)ccc4c3)cc2)cc1. The van der Waals surface area contributed by atoms with E-state index in [1.54, 1.807) is 0 Å². The zero-order valence-electron chi connectivity index (χ0n) is 19.7. The molecule has 5 aromatic carbocycles. The minimum absolute atomic E-state index is 1.01. The van der Waals surface area contributed by atoms with Gasteiger partial charge in [-0.15, -0.1) is 18.5 Å². The van der Waals surface area contributed by atoms with Crippen LogP contribution < -0.4 is 10.6 Å². The molecule has 0 amide bonds. The molecule has 0 N–H and O–H groups in total. The summed E-state index contributed by atoms with van der Waals surface area (Å²) < 4.78 is 0. The van der Waals surface area contributed by atoms with Crippen molar-refractivity contribution in [2.75, 3.05) is 0 Å². The molecule has 0 aliphatic carbocycles. The second-order valence-corrected chi connectivity index (χ2v) is 10.4. The van der Waals surface area contributed by atoms with Crippen LogP contribution >= 0.6 is 18.5 Å². The van der Waals surface area contributed by atoms with E-state index in [4.69, 9.17) is 4.98 Å². The molecule has 0 bridgehead atoms. The number of benzene rings is 5. The van der Waals surface area contributed by atoms with Crippen LogP contribution in [0.5, 0.6) is 0 Å². The molecule has 2 unspecified atom stereocenters. The molecular weight excluding hydrogens is 472 g/mol. The highest BCUT2D eigenvalue weighted by atomic mass is 31.0. The monoisotopic (exact) mass is 497 g/mol. The largest absolute Gasteiger partial charge is 0.256 e. The van der Waals surface area contributed by atoms with Gasteiger partial charge in [0, 0.05) is 17.1 Å². The van der Waals surface area contributed by atoms with E-state index in [-0.39, 0.29) is 0 Å². The summed E-state index contributed by atoms with van der Waals surface area (Å²) in [6, 6.07) is 43.3. The lowest BCUT2D eigenvalue weighted by Crippen LogP contribution is -1.88. The Labute approximate surface area is 216 Å². The maximum Gasteiger partial charge on any atom is 0.0708 e. The van der Waals surface area contributed by atoms with E-state index in [1.807, 2.05) is 6.20 Å². The third kappa shape index (κ3) is 4.74.